The standard InChI is InChI=1S/C9H12O4.2Na.2H/c10-7(11)9(8(12)13)4-5-1-2-6(9)3-5;;;;/h5-6H,1-4H2,(H,10,11)(H,12,13);;;;/q;2*+1;2*-1. The van der Waals surface area contributed by atoms with Gasteiger partial charge in [0, 0.05) is 0 Å². The van der Waals surface area contributed by atoms with Crippen molar-refractivity contribution in [1.29, 1.82) is 0 Å². The van der Waals surface area contributed by atoms with E-state index in [-0.39, 0.29) is 67.9 Å². The molecule has 2 atom stereocenters. The van der Waals surface area contributed by atoms with Crippen LogP contribution in [0, 0.1) is 17.3 Å². The van der Waals surface area contributed by atoms with Crippen LogP contribution in [-0.4, -0.2) is 22.2 Å². The van der Waals surface area contributed by atoms with Crippen LogP contribution in [0.4, 0.5) is 0 Å². The van der Waals surface area contributed by atoms with Gasteiger partial charge in [-0.25, -0.2) is 0 Å². The molecule has 2 saturated carbocycles. The molecule has 0 aliphatic heterocycles. The van der Waals surface area contributed by atoms with E-state index in [4.69, 9.17) is 10.2 Å². The van der Waals surface area contributed by atoms with Gasteiger partial charge in [-0.2, -0.15) is 0 Å². The summed E-state index contributed by atoms with van der Waals surface area (Å²) in [6.45, 7) is 0. The summed E-state index contributed by atoms with van der Waals surface area (Å²) in [5.74, 6) is -2.09. The maximum absolute atomic E-state index is 11.0. The molecule has 0 heterocycles. The van der Waals surface area contributed by atoms with Crippen molar-refractivity contribution in [2.45, 2.75) is 25.7 Å². The molecule has 2 aliphatic carbocycles. The monoisotopic (exact) mass is 232 g/mol. The average molecular weight is 232 g/mol. The molecule has 4 nitrogen and oxygen atoms in total. The second-order valence-electron chi connectivity index (χ2n) is 4.16. The number of hydrogen-bond donors (Lipinski definition) is 2. The zero-order valence-corrected chi connectivity index (χ0v) is 13.2. The predicted octanol–water partition coefficient (Wildman–Crippen LogP) is -4.80. The molecule has 0 aromatic rings. The summed E-state index contributed by atoms with van der Waals surface area (Å²) in [6.07, 6.45) is 2.90. The molecule has 2 fully saturated rings. The Kier molecular flexibility index (Phi) is 5.86. The van der Waals surface area contributed by atoms with Crippen LogP contribution in [0.25, 0.3) is 0 Å². The van der Waals surface area contributed by atoms with E-state index in [1.165, 1.54) is 0 Å². The number of carbonyl (C=O) groups is 2. The number of carboxylic acid groups (broad SMARTS) is 2. The Hall–Kier alpha value is 0.940. The molecule has 2 rings (SSSR count). The Labute approximate surface area is 135 Å². The largest absolute Gasteiger partial charge is 1.00 e. The Morgan fingerprint density at radius 2 is 1.67 bits per heavy atom. The summed E-state index contributed by atoms with van der Waals surface area (Å²) in [6, 6.07) is 0. The van der Waals surface area contributed by atoms with Crippen LogP contribution < -0.4 is 59.1 Å². The molecular formula is C9H14Na2O4. The quantitative estimate of drug-likeness (QED) is 0.370. The Balaban J connectivity index is -0.000000490. The van der Waals surface area contributed by atoms with E-state index in [9.17, 15) is 9.59 Å². The molecule has 2 bridgehead atoms. The van der Waals surface area contributed by atoms with Crippen molar-refractivity contribution < 1.29 is 81.8 Å². The van der Waals surface area contributed by atoms with Crippen molar-refractivity contribution in [2.24, 2.45) is 17.3 Å². The van der Waals surface area contributed by atoms with Gasteiger partial charge in [0.05, 0.1) is 0 Å². The average Bonchev–Trinajstić information content (AvgIpc) is 2.61. The van der Waals surface area contributed by atoms with E-state index in [0.717, 1.165) is 19.3 Å². The summed E-state index contributed by atoms with van der Waals surface area (Å²) in [5.41, 5.74) is -1.46. The molecule has 6 heteroatoms. The van der Waals surface area contributed by atoms with Gasteiger partial charge in [0.25, 0.3) is 0 Å². The molecule has 2 N–H and O–H groups in total. The van der Waals surface area contributed by atoms with E-state index in [1.54, 1.807) is 0 Å². The van der Waals surface area contributed by atoms with E-state index in [0.29, 0.717) is 12.3 Å². The van der Waals surface area contributed by atoms with Gasteiger partial charge in [-0.3, -0.25) is 9.59 Å². The minimum atomic E-state index is -1.46. The zero-order chi connectivity index (χ0) is 9.64. The van der Waals surface area contributed by atoms with Crippen molar-refractivity contribution in [2.75, 3.05) is 0 Å². The van der Waals surface area contributed by atoms with Gasteiger partial charge in [-0.15, -0.1) is 0 Å². The molecule has 2 aliphatic rings. The molecular weight excluding hydrogens is 218 g/mol. The van der Waals surface area contributed by atoms with Gasteiger partial charge in [-0.1, -0.05) is 6.42 Å². The fourth-order valence-corrected chi connectivity index (χ4v) is 2.95. The molecule has 76 valence electrons. The normalized spacial score (nSPS) is 30.1. The molecule has 0 amide bonds. The summed E-state index contributed by atoms with van der Waals surface area (Å²) in [5, 5.41) is 18.0. The fourth-order valence-electron chi connectivity index (χ4n) is 2.95. The van der Waals surface area contributed by atoms with Gasteiger partial charge in [0.1, 0.15) is 0 Å². The summed E-state index contributed by atoms with van der Waals surface area (Å²) in [4.78, 5) is 21.9. The number of aliphatic carboxylic acids is 2. The first-order chi connectivity index (χ1) is 6.07. The van der Waals surface area contributed by atoms with E-state index < -0.39 is 17.4 Å². The van der Waals surface area contributed by atoms with Crippen LogP contribution in [0.15, 0.2) is 0 Å². The maximum atomic E-state index is 11.0. The van der Waals surface area contributed by atoms with Crippen molar-refractivity contribution in [3.8, 4) is 0 Å². The van der Waals surface area contributed by atoms with Gasteiger partial charge in [-0.05, 0) is 31.1 Å². The van der Waals surface area contributed by atoms with Crippen LogP contribution in [0.3, 0.4) is 0 Å². The Morgan fingerprint density at radius 1 is 1.13 bits per heavy atom. The van der Waals surface area contributed by atoms with E-state index in [1.807, 2.05) is 0 Å². The second-order valence-corrected chi connectivity index (χ2v) is 4.16. The van der Waals surface area contributed by atoms with E-state index >= 15 is 0 Å². The Morgan fingerprint density at radius 3 is 1.87 bits per heavy atom. The first-order valence-corrected chi connectivity index (χ1v) is 4.54. The number of carboxylic acids is 2. The van der Waals surface area contributed by atoms with Crippen LogP contribution in [0.2, 0.25) is 0 Å². The topological polar surface area (TPSA) is 74.6 Å². The second kappa shape index (κ2) is 5.52. The van der Waals surface area contributed by atoms with Gasteiger partial charge in [0.2, 0.25) is 0 Å². The fraction of sp³-hybridized carbons (Fsp3) is 0.778. The smallest absolute Gasteiger partial charge is 1.00 e. The maximum Gasteiger partial charge on any atom is 1.00 e. The molecule has 0 radical (unpaired) electrons. The van der Waals surface area contributed by atoms with Gasteiger partial charge < -0.3 is 13.1 Å². The van der Waals surface area contributed by atoms with Crippen molar-refractivity contribution in [3.05, 3.63) is 0 Å². The SMILES string of the molecule is O=C(O)C1(C(=O)O)CC2CCC1C2.[H-].[H-].[Na+].[Na+]. The minimum Gasteiger partial charge on any atom is -1.00 e. The first kappa shape index (κ1) is 15.9. The molecule has 15 heavy (non-hydrogen) atoms. The minimum absolute atomic E-state index is 0. The third-order valence-corrected chi connectivity index (χ3v) is 3.61. The van der Waals surface area contributed by atoms with Gasteiger partial charge >= 0.3 is 71.1 Å². The third-order valence-electron chi connectivity index (χ3n) is 3.61. The number of fused-ring (bicyclic) bond motifs is 2. The number of rotatable bonds is 2. The van der Waals surface area contributed by atoms with Crippen molar-refractivity contribution in [1.82, 2.24) is 0 Å². The predicted molar refractivity (Wildman–Crippen MR) is 45.4 cm³/mol. The van der Waals surface area contributed by atoms with Crippen molar-refractivity contribution in [3.63, 3.8) is 0 Å². The molecule has 0 saturated heterocycles. The summed E-state index contributed by atoms with van der Waals surface area (Å²) in [7, 11) is 0. The molecule has 2 unspecified atom stereocenters. The van der Waals surface area contributed by atoms with Gasteiger partial charge in [0.15, 0.2) is 5.41 Å². The van der Waals surface area contributed by atoms with Crippen LogP contribution in [0.5, 0.6) is 0 Å². The van der Waals surface area contributed by atoms with Crippen molar-refractivity contribution >= 4 is 11.9 Å². The summed E-state index contributed by atoms with van der Waals surface area (Å²) >= 11 is 0. The first-order valence-electron chi connectivity index (χ1n) is 4.54. The Bertz CT molecular complexity index is 274. The zero-order valence-electron chi connectivity index (χ0n) is 11.2. The molecule has 0 spiro atoms. The van der Waals surface area contributed by atoms with Crippen LogP contribution in [0.1, 0.15) is 28.5 Å². The third kappa shape index (κ3) is 2.31. The van der Waals surface area contributed by atoms with Crippen LogP contribution >= 0.6 is 0 Å². The van der Waals surface area contributed by atoms with Crippen LogP contribution in [-0.2, 0) is 9.59 Å². The molecule has 0 aromatic heterocycles. The molecule has 0 aromatic carbocycles. The summed E-state index contributed by atoms with van der Waals surface area (Å²) < 4.78 is 0. The number of hydrogen-bond acceptors (Lipinski definition) is 2. The van der Waals surface area contributed by atoms with E-state index in [2.05, 4.69) is 0 Å².